The molecule has 0 aliphatic heterocycles. The van der Waals surface area contributed by atoms with Crippen LogP contribution in [0.1, 0.15) is 17.5 Å². The quantitative estimate of drug-likeness (QED) is 0.749. The highest BCUT2D eigenvalue weighted by Gasteiger charge is 2.23. The van der Waals surface area contributed by atoms with Gasteiger partial charge in [0.15, 0.2) is 0 Å². The van der Waals surface area contributed by atoms with Gasteiger partial charge in [-0.25, -0.2) is 0 Å². The van der Waals surface area contributed by atoms with E-state index in [4.69, 9.17) is 4.74 Å². The highest BCUT2D eigenvalue weighted by Crippen LogP contribution is 2.16. The Morgan fingerprint density at radius 2 is 1.94 bits per heavy atom. The van der Waals surface area contributed by atoms with Gasteiger partial charge >= 0.3 is 11.9 Å². The van der Waals surface area contributed by atoms with Crippen LogP contribution >= 0.6 is 0 Å². The van der Waals surface area contributed by atoms with Crippen molar-refractivity contribution in [2.75, 3.05) is 14.2 Å². The minimum atomic E-state index is -0.496. The topological polar surface area (TPSA) is 52.6 Å². The van der Waals surface area contributed by atoms with Crippen LogP contribution in [0.4, 0.5) is 0 Å². The van der Waals surface area contributed by atoms with Crippen molar-refractivity contribution in [3.63, 3.8) is 0 Å². The Morgan fingerprint density at radius 3 is 2.50 bits per heavy atom. The SMILES string of the molecule is COC(=O)CC(Cc1cccc(C)c1)C(=O)OC. The van der Waals surface area contributed by atoms with Crippen LogP contribution in [0.3, 0.4) is 0 Å². The lowest BCUT2D eigenvalue weighted by atomic mass is 9.95. The first kappa shape index (κ1) is 14.2. The molecule has 0 radical (unpaired) electrons. The van der Waals surface area contributed by atoms with Crippen LogP contribution in [-0.2, 0) is 25.5 Å². The fourth-order valence-electron chi connectivity index (χ4n) is 1.81. The smallest absolute Gasteiger partial charge is 0.309 e. The maximum Gasteiger partial charge on any atom is 0.309 e. The number of esters is 2. The number of methoxy groups -OCH3 is 2. The summed E-state index contributed by atoms with van der Waals surface area (Å²) in [6, 6.07) is 7.83. The summed E-state index contributed by atoms with van der Waals surface area (Å²) in [5, 5.41) is 0. The highest BCUT2D eigenvalue weighted by atomic mass is 16.5. The average molecular weight is 250 g/mol. The third-order valence-electron chi connectivity index (χ3n) is 2.74. The van der Waals surface area contributed by atoms with Gasteiger partial charge in [-0.15, -0.1) is 0 Å². The molecular weight excluding hydrogens is 232 g/mol. The summed E-state index contributed by atoms with van der Waals surface area (Å²) >= 11 is 0. The van der Waals surface area contributed by atoms with Gasteiger partial charge in [0.05, 0.1) is 26.6 Å². The molecular formula is C14H18O4. The van der Waals surface area contributed by atoms with Crippen molar-refractivity contribution in [3.05, 3.63) is 35.4 Å². The maximum atomic E-state index is 11.6. The van der Waals surface area contributed by atoms with E-state index in [2.05, 4.69) is 4.74 Å². The Bertz CT molecular complexity index is 426. The van der Waals surface area contributed by atoms with E-state index in [0.29, 0.717) is 6.42 Å². The monoisotopic (exact) mass is 250 g/mol. The molecule has 0 aromatic heterocycles. The molecule has 98 valence electrons. The van der Waals surface area contributed by atoms with Gasteiger partial charge in [-0.05, 0) is 18.9 Å². The number of rotatable bonds is 5. The summed E-state index contributed by atoms with van der Waals surface area (Å²) in [6.45, 7) is 1.98. The van der Waals surface area contributed by atoms with Crippen LogP contribution in [0.5, 0.6) is 0 Å². The van der Waals surface area contributed by atoms with Crippen molar-refractivity contribution in [2.45, 2.75) is 19.8 Å². The van der Waals surface area contributed by atoms with Crippen molar-refractivity contribution in [3.8, 4) is 0 Å². The molecule has 0 aliphatic rings. The molecule has 0 fully saturated rings. The van der Waals surface area contributed by atoms with Crippen LogP contribution in [0.2, 0.25) is 0 Å². The summed E-state index contributed by atoms with van der Waals surface area (Å²) < 4.78 is 9.30. The summed E-state index contributed by atoms with van der Waals surface area (Å²) in [7, 11) is 2.63. The van der Waals surface area contributed by atoms with Gasteiger partial charge in [-0.3, -0.25) is 9.59 Å². The minimum absolute atomic E-state index is 0.0388. The van der Waals surface area contributed by atoms with E-state index in [1.807, 2.05) is 31.2 Å². The molecule has 1 rings (SSSR count). The number of benzene rings is 1. The number of aryl methyl sites for hydroxylation is 1. The predicted molar refractivity (Wildman–Crippen MR) is 67.0 cm³/mol. The fraction of sp³-hybridized carbons (Fsp3) is 0.429. The number of hydrogen-bond donors (Lipinski definition) is 0. The van der Waals surface area contributed by atoms with E-state index in [1.165, 1.54) is 14.2 Å². The van der Waals surface area contributed by atoms with E-state index < -0.39 is 11.9 Å². The van der Waals surface area contributed by atoms with Crippen molar-refractivity contribution in [2.24, 2.45) is 5.92 Å². The molecule has 0 amide bonds. The second-order valence-corrected chi connectivity index (χ2v) is 4.19. The molecule has 0 heterocycles. The first-order valence-corrected chi connectivity index (χ1v) is 5.77. The normalized spacial score (nSPS) is 11.7. The molecule has 4 heteroatoms. The van der Waals surface area contributed by atoms with E-state index >= 15 is 0 Å². The fourth-order valence-corrected chi connectivity index (χ4v) is 1.81. The van der Waals surface area contributed by atoms with Gasteiger partial charge in [0.1, 0.15) is 0 Å². The zero-order chi connectivity index (χ0) is 13.5. The molecule has 0 saturated heterocycles. The zero-order valence-corrected chi connectivity index (χ0v) is 10.9. The molecule has 1 aromatic rings. The Balaban J connectivity index is 2.78. The first-order chi connectivity index (χ1) is 8.56. The third-order valence-corrected chi connectivity index (χ3v) is 2.74. The van der Waals surface area contributed by atoms with Crippen LogP contribution in [0.25, 0.3) is 0 Å². The summed E-state index contributed by atoms with van der Waals surface area (Å²) in [5.74, 6) is -1.29. The molecule has 1 unspecified atom stereocenters. The van der Waals surface area contributed by atoms with Crippen molar-refractivity contribution in [1.29, 1.82) is 0 Å². The first-order valence-electron chi connectivity index (χ1n) is 5.77. The molecule has 1 aromatic carbocycles. The second-order valence-electron chi connectivity index (χ2n) is 4.19. The molecule has 0 aliphatic carbocycles. The average Bonchev–Trinajstić information content (AvgIpc) is 2.36. The van der Waals surface area contributed by atoms with E-state index in [9.17, 15) is 9.59 Å². The van der Waals surface area contributed by atoms with Crippen LogP contribution < -0.4 is 0 Å². The van der Waals surface area contributed by atoms with Gasteiger partial charge in [-0.2, -0.15) is 0 Å². The Morgan fingerprint density at radius 1 is 1.22 bits per heavy atom. The summed E-state index contributed by atoms with van der Waals surface area (Å²) in [4.78, 5) is 22.9. The third kappa shape index (κ3) is 4.20. The zero-order valence-electron chi connectivity index (χ0n) is 10.9. The Labute approximate surface area is 107 Å². The molecule has 1 atom stereocenters. The standard InChI is InChI=1S/C14H18O4/c1-10-5-4-6-11(7-10)8-12(14(16)18-3)9-13(15)17-2/h4-7,12H,8-9H2,1-3H3. The van der Waals surface area contributed by atoms with E-state index in [-0.39, 0.29) is 12.4 Å². The van der Waals surface area contributed by atoms with Gasteiger partial charge < -0.3 is 9.47 Å². The molecule has 0 spiro atoms. The summed E-state index contributed by atoms with van der Waals surface area (Å²) in [6.07, 6.45) is 0.514. The van der Waals surface area contributed by atoms with Gasteiger partial charge in [0.25, 0.3) is 0 Å². The maximum absolute atomic E-state index is 11.6. The van der Waals surface area contributed by atoms with Crippen LogP contribution in [0, 0.1) is 12.8 Å². The highest BCUT2D eigenvalue weighted by molar-refractivity contribution is 5.80. The number of carbonyl (C=O) groups is 2. The van der Waals surface area contributed by atoms with Crippen molar-refractivity contribution >= 4 is 11.9 Å². The summed E-state index contributed by atoms with van der Waals surface area (Å²) in [5.41, 5.74) is 2.13. The van der Waals surface area contributed by atoms with E-state index in [1.54, 1.807) is 0 Å². The van der Waals surface area contributed by atoms with Gasteiger partial charge in [0, 0.05) is 0 Å². The molecule has 0 saturated carbocycles. The molecule has 0 N–H and O–H groups in total. The Kier molecular flexibility index (Phi) is 5.36. The minimum Gasteiger partial charge on any atom is -0.469 e. The number of ether oxygens (including phenoxy) is 2. The van der Waals surface area contributed by atoms with Crippen LogP contribution in [-0.4, -0.2) is 26.2 Å². The predicted octanol–water partition coefficient (Wildman–Crippen LogP) is 1.89. The molecule has 18 heavy (non-hydrogen) atoms. The Hall–Kier alpha value is -1.84. The van der Waals surface area contributed by atoms with Crippen LogP contribution in [0.15, 0.2) is 24.3 Å². The second kappa shape index (κ2) is 6.79. The number of carbonyl (C=O) groups excluding carboxylic acids is 2. The lowest BCUT2D eigenvalue weighted by Crippen LogP contribution is -2.22. The lowest BCUT2D eigenvalue weighted by molar-refractivity contribution is -0.151. The largest absolute Gasteiger partial charge is 0.469 e. The number of hydrogen-bond acceptors (Lipinski definition) is 4. The molecule has 4 nitrogen and oxygen atoms in total. The van der Waals surface area contributed by atoms with E-state index in [0.717, 1.165) is 11.1 Å². The van der Waals surface area contributed by atoms with Gasteiger partial charge in [0.2, 0.25) is 0 Å². The lowest BCUT2D eigenvalue weighted by Gasteiger charge is -2.13. The van der Waals surface area contributed by atoms with Gasteiger partial charge in [-0.1, -0.05) is 29.8 Å². The van der Waals surface area contributed by atoms with Crippen molar-refractivity contribution < 1.29 is 19.1 Å². The molecule has 0 bridgehead atoms. The van der Waals surface area contributed by atoms with Crippen molar-refractivity contribution in [1.82, 2.24) is 0 Å².